The Kier molecular flexibility index (Phi) is 6.52. The molecule has 124 valence electrons. The van der Waals surface area contributed by atoms with Crippen molar-refractivity contribution in [3.63, 3.8) is 0 Å². The monoisotopic (exact) mass is 334 g/mol. The van der Waals surface area contributed by atoms with Crippen LogP contribution in [0.25, 0.3) is 0 Å². The molecule has 1 fully saturated rings. The van der Waals surface area contributed by atoms with Gasteiger partial charge in [-0.3, -0.25) is 9.59 Å². The Bertz CT molecular complexity index is 559. The first-order chi connectivity index (χ1) is 11.1. The zero-order chi connectivity index (χ0) is 16.7. The first-order valence-corrected chi connectivity index (χ1v) is 8.65. The molecule has 1 N–H and O–H groups in total. The summed E-state index contributed by atoms with van der Waals surface area (Å²) in [6, 6.07) is 7.79. The average molecular weight is 334 g/mol. The molecule has 0 bridgehead atoms. The van der Waals surface area contributed by atoms with E-state index >= 15 is 0 Å². The third-order valence-electron chi connectivity index (χ3n) is 3.54. The predicted octanol–water partition coefficient (Wildman–Crippen LogP) is 1.62. The Morgan fingerprint density at radius 1 is 1.43 bits per heavy atom. The fourth-order valence-corrected chi connectivity index (χ4v) is 3.36. The van der Waals surface area contributed by atoms with Crippen LogP contribution in [0, 0.1) is 6.92 Å². The number of amides is 2. The van der Waals surface area contributed by atoms with Crippen molar-refractivity contribution in [3.8, 4) is 5.75 Å². The van der Waals surface area contributed by atoms with Crippen LogP contribution in [0.5, 0.6) is 5.75 Å². The maximum atomic E-state index is 12.2. The largest absolute Gasteiger partial charge is 0.492 e. The van der Waals surface area contributed by atoms with Crippen molar-refractivity contribution in [3.05, 3.63) is 42.5 Å². The van der Waals surface area contributed by atoms with Crippen molar-refractivity contribution in [2.75, 3.05) is 32.0 Å². The fourth-order valence-electron chi connectivity index (χ4n) is 2.23. The number of hydrogen-bond donors (Lipinski definition) is 1. The van der Waals surface area contributed by atoms with Gasteiger partial charge >= 0.3 is 0 Å². The van der Waals surface area contributed by atoms with Crippen LogP contribution in [0.1, 0.15) is 5.56 Å². The van der Waals surface area contributed by atoms with E-state index in [1.165, 1.54) is 11.6 Å². The van der Waals surface area contributed by atoms with Crippen LogP contribution >= 0.6 is 11.8 Å². The molecule has 23 heavy (non-hydrogen) atoms. The lowest BCUT2D eigenvalue weighted by molar-refractivity contribution is -0.127. The smallest absolute Gasteiger partial charge is 0.246 e. The van der Waals surface area contributed by atoms with Crippen molar-refractivity contribution < 1.29 is 14.3 Å². The molecular weight excluding hydrogens is 312 g/mol. The SMILES string of the molecule is C=CC(=O)N1CCSC(C(=O)NCCOc2ccc(C)cc2)C1. The Morgan fingerprint density at radius 2 is 2.17 bits per heavy atom. The molecule has 1 aliphatic rings. The van der Waals surface area contributed by atoms with Crippen LogP contribution in [-0.2, 0) is 9.59 Å². The normalized spacial score (nSPS) is 17.4. The van der Waals surface area contributed by atoms with Gasteiger partial charge in [0.05, 0.1) is 6.54 Å². The summed E-state index contributed by atoms with van der Waals surface area (Å²) in [4.78, 5) is 25.4. The van der Waals surface area contributed by atoms with Crippen LogP contribution in [-0.4, -0.2) is 54.0 Å². The van der Waals surface area contributed by atoms with Gasteiger partial charge in [-0.05, 0) is 25.1 Å². The summed E-state index contributed by atoms with van der Waals surface area (Å²) in [6.07, 6.45) is 1.29. The standard InChI is InChI=1S/C17H22N2O3S/c1-3-16(20)19-9-11-23-15(12-19)17(21)18-8-10-22-14-6-4-13(2)5-7-14/h3-7,15H,1,8-12H2,2H3,(H,18,21). The number of hydrogen-bond acceptors (Lipinski definition) is 4. The number of nitrogens with one attached hydrogen (secondary N) is 1. The molecule has 0 radical (unpaired) electrons. The lowest BCUT2D eigenvalue weighted by Crippen LogP contribution is -2.47. The van der Waals surface area contributed by atoms with Gasteiger partial charge < -0.3 is 15.0 Å². The van der Waals surface area contributed by atoms with E-state index in [0.29, 0.717) is 26.2 Å². The van der Waals surface area contributed by atoms with Crippen LogP contribution < -0.4 is 10.1 Å². The number of rotatable bonds is 6. The van der Waals surface area contributed by atoms with Gasteiger partial charge in [0, 0.05) is 18.8 Å². The number of thioether (sulfide) groups is 1. The van der Waals surface area contributed by atoms with E-state index in [4.69, 9.17) is 4.74 Å². The van der Waals surface area contributed by atoms with Crippen molar-refractivity contribution in [2.24, 2.45) is 0 Å². The van der Waals surface area contributed by atoms with E-state index in [0.717, 1.165) is 11.5 Å². The number of benzene rings is 1. The summed E-state index contributed by atoms with van der Waals surface area (Å²) < 4.78 is 5.58. The second-order valence-electron chi connectivity index (χ2n) is 5.30. The Hall–Kier alpha value is -1.95. The molecule has 1 saturated heterocycles. The van der Waals surface area contributed by atoms with Crippen molar-refractivity contribution >= 4 is 23.6 Å². The molecule has 1 heterocycles. The molecule has 0 aromatic heterocycles. The van der Waals surface area contributed by atoms with E-state index in [2.05, 4.69) is 11.9 Å². The van der Waals surface area contributed by atoms with E-state index < -0.39 is 0 Å². The molecule has 5 nitrogen and oxygen atoms in total. The third kappa shape index (κ3) is 5.32. The summed E-state index contributed by atoms with van der Waals surface area (Å²) in [5.74, 6) is 1.38. The van der Waals surface area contributed by atoms with Gasteiger partial charge in [0.25, 0.3) is 0 Å². The van der Waals surface area contributed by atoms with Crippen molar-refractivity contribution in [2.45, 2.75) is 12.2 Å². The number of ether oxygens (including phenoxy) is 1. The summed E-state index contributed by atoms with van der Waals surface area (Å²) in [5, 5.41) is 2.63. The quantitative estimate of drug-likeness (QED) is 0.634. The van der Waals surface area contributed by atoms with Crippen LogP contribution in [0.3, 0.4) is 0 Å². The van der Waals surface area contributed by atoms with Gasteiger partial charge in [-0.25, -0.2) is 0 Å². The number of carbonyl (C=O) groups is 2. The summed E-state index contributed by atoms with van der Waals surface area (Å²) in [5.41, 5.74) is 1.18. The first kappa shape index (κ1) is 17.4. The van der Waals surface area contributed by atoms with Crippen LogP contribution in [0.4, 0.5) is 0 Å². The topological polar surface area (TPSA) is 58.6 Å². The Morgan fingerprint density at radius 3 is 2.87 bits per heavy atom. The van der Waals surface area contributed by atoms with E-state index in [-0.39, 0.29) is 17.1 Å². The highest BCUT2D eigenvalue weighted by atomic mass is 32.2. The molecule has 1 aromatic carbocycles. The van der Waals surface area contributed by atoms with Crippen LogP contribution in [0.15, 0.2) is 36.9 Å². The highest BCUT2D eigenvalue weighted by Crippen LogP contribution is 2.19. The minimum atomic E-state index is -0.230. The van der Waals surface area contributed by atoms with Gasteiger partial charge in [-0.15, -0.1) is 11.8 Å². The number of carbonyl (C=O) groups excluding carboxylic acids is 2. The molecule has 2 rings (SSSR count). The summed E-state index contributed by atoms with van der Waals surface area (Å²) >= 11 is 1.58. The van der Waals surface area contributed by atoms with E-state index in [1.54, 1.807) is 16.7 Å². The molecule has 1 aromatic rings. The zero-order valence-electron chi connectivity index (χ0n) is 13.3. The van der Waals surface area contributed by atoms with Gasteiger partial charge in [-0.2, -0.15) is 0 Å². The van der Waals surface area contributed by atoms with Gasteiger partial charge in [-0.1, -0.05) is 24.3 Å². The molecule has 1 aliphatic heterocycles. The maximum Gasteiger partial charge on any atom is 0.246 e. The highest BCUT2D eigenvalue weighted by molar-refractivity contribution is 8.00. The fraction of sp³-hybridized carbons (Fsp3) is 0.412. The third-order valence-corrected chi connectivity index (χ3v) is 4.72. The van der Waals surface area contributed by atoms with Gasteiger partial charge in [0.15, 0.2) is 0 Å². The summed E-state index contributed by atoms with van der Waals surface area (Å²) in [7, 11) is 0. The number of nitrogens with zero attached hydrogens (tertiary/aromatic N) is 1. The molecule has 1 atom stereocenters. The molecule has 0 aliphatic carbocycles. The van der Waals surface area contributed by atoms with Crippen LogP contribution in [0.2, 0.25) is 0 Å². The second-order valence-corrected chi connectivity index (χ2v) is 6.61. The minimum absolute atomic E-state index is 0.0518. The molecule has 0 spiro atoms. The summed E-state index contributed by atoms with van der Waals surface area (Å²) in [6.45, 7) is 7.46. The van der Waals surface area contributed by atoms with E-state index in [9.17, 15) is 9.59 Å². The van der Waals surface area contributed by atoms with Gasteiger partial charge in [0.2, 0.25) is 11.8 Å². The highest BCUT2D eigenvalue weighted by Gasteiger charge is 2.27. The lowest BCUT2D eigenvalue weighted by Gasteiger charge is -2.30. The lowest BCUT2D eigenvalue weighted by atomic mass is 10.2. The van der Waals surface area contributed by atoms with Crippen molar-refractivity contribution in [1.82, 2.24) is 10.2 Å². The Labute approximate surface area is 141 Å². The molecule has 6 heteroatoms. The molecule has 0 saturated carbocycles. The predicted molar refractivity (Wildman–Crippen MR) is 92.7 cm³/mol. The first-order valence-electron chi connectivity index (χ1n) is 7.60. The minimum Gasteiger partial charge on any atom is -0.492 e. The van der Waals surface area contributed by atoms with Gasteiger partial charge in [0.1, 0.15) is 17.6 Å². The van der Waals surface area contributed by atoms with E-state index in [1.807, 2.05) is 31.2 Å². The maximum absolute atomic E-state index is 12.2. The van der Waals surface area contributed by atoms with Crippen molar-refractivity contribution in [1.29, 1.82) is 0 Å². The zero-order valence-corrected chi connectivity index (χ0v) is 14.1. The molecule has 1 unspecified atom stereocenters. The molecule has 2 amide bonds. The number of aryl methyl sites for hydroxylation is 1. The molecular formula is C17H22N2O3S. The second kappa shape index (κ2) is 8.62. The Balaban J connectivity index is 1.70. The average Bonchev–Trinajstić information content (AvgIpc) is 2.59.